The van der Waals surface area contributed by atoms with Crippen molar-refractivity contribution in [2.75, 3.05) is 0 Å². The van der Waals surface area contributed by atoms with Gasteiger partial charge in [0.15, 0.2) is 0 Å². The Kier molecular flexibility index (Phi) is 4.14. The molecule has 0 aromatic carbocycles. The molecule has 2 rings (SSSR count). The van der Waals surface area contributed by atoms with Crippen molar-refractivity contribution in [1.29, 1.82) is 0 Å². The van der Waals surface area contributed by atoms with Gasteiger partial charge in [-0.3, -0.25) is 4.98 Å². The zero-order chi connectivity index (χ0) is 14.0. The van der Waals surface area contributed by atoms with Crippen molar-refractivity contribution in [2.45, 2.75) is 58.7 Å². The molecule has 19 heavy (non-hydrogen) atoms. The highest BCUT2D eigenvalue weighted by Gasteiger charge is 2.37. The number of aromatic nitrogens is 1. The second-order valence-electron chi connectivity index (χ2n) is 6.46. The van der Waals surface area contributed by atoms with Crippen LogP contribution in [-0.2, 0) is 5.60 Å². The van der Waals surface area contributed by atoms with Gasteiger partial charge in [-0.25, -0.2) is 0 Å². The maximum Gasteiger partial charge on any atom is 0.138 e. The van der Waals surface area contributed by atoms with Gasteiger partial charge in [0.2, 0.25) is 0 Å². The Morgan fingerprint density at radius 1 is 1.26 bits per heavy atom. The molecule has 1 fully saturated rings. The molecule has 1 aliphatic carbocycles. The molecule has 1 aromatic heterocycles. The van der Waals surface area contributed by atoms with Crippen LogP contribution >= 0.6 is 0 Å². The van der Waals surface area contributed by atoms with Crippen LogP contribution in [0.3, 0.4) is 0 Å². The highest BCUT2D eigenvalue weighted by atomic mass is 16.5. The first-order valence-electron chi connectivity index (χ1n) is 7.23. The van der Waals surface area contributed by atoms with Crippen molar-refractivity contribution in [3.8, 4) is 5.75 Å². The molecule has 3 nitrogen and oxygen atoms in total. The van der Waals surface area contributed by atoms with Gasteiger partial charge in [-0.2, -0.15) is 0 Å². The molecule has 3 heteroatoms. The lowest BCUT2D eigenvalue weighted by molar-refractivity contribution is -0.0367. The van der Waals surface area contributed by atoms with Crippen LogP contribution in [0.5, 0.6) is 5.75 Å². The maximum atomic E-state index is 10.9. The van der Waals surface area contributed by atoms with Crippen LogP contribution in [-0.4, -0.2) is 16.2 Å². The van der Waals surface area contributed by atoms with E-state index in [2.05, 4.69) is 18.8 Å². The molecule has 0 aliphatic heterocycles. The summed E-state index contributed by atoms with van der Waals surface area (Å²) in [4.78, 5) is 4.22. The van der Waals surface area contributed by atoms with Crippen LogP contribution in [0.2, 0.25) is 0 Å². The average Bonchev–Trinajstić information content (AvgIpc) is 2.26. The Balaban J connectivity index is 2.24. The van der Waals surface area contributed by atoms with Crippen molar-refractivity contribution in [3.63, 3.8) is 0 Å². The quantitative estimate of drug-likeness (QED) is 0.907. The number of ether oxygens (including phenoxy) is 1. The third kappa shape index (κ3) is 3.47. The average molecular weight is 263 g/mol. The predicted octanol–water partition coefficient (Wildman–Crippen LogP) is 3.51. The lowest BCUT2D eigenvalue weighted by atomic mass is 9.71. The fourth-order valence-corrected chi connectivity index (χ4v) is 3.34. The molecule has 1 aromatic rings. The van der Waals surface area contributed by atoms with Gasteiger partial charge in [-0.1, -0.05) is 13.8 Å². The largest absolute Gasteiger partial charge is 0.489 e. The third-order valence-electron chi connectivity index (χ3n) is 3.80. The standard InChI is InChI=1S/C16H25NO2/c1-11(2)19-15-6-14(9-17-10-15)16(18)7-12(3)5-13(4)8-16/h6,9-13,18H,5,7-8H2,1-4H3. The van der Waals surface area contributed by atoms with Crippen LogP contribution in [0.15, 0.2) is 18.5 Å². The summed E-state index contributed by atoms with van der Waals surface area (Å²) in [5.41, 5.74) is 0.143. The minimum absolute atomic E-state index is 0.121. The smallest absolute Gasteiger partial charge is 0.138 e. The molecule has 106 valence electrons. The monoisotopic (exact) mass is 263 g/mol. The molecular formula is C16H25NO2. The van der Waals surface area contributed by atoms with Gasteiger partial charge in [-0.05, 0) is 51.0 Å². The van der Waals surface area contributed by atoms with Gasteiger partial charge in [0.05, 0.1) is 17.9 Å². The molecule has 1 saturated carbocycles. The molecule has 0 spiro atoms. The summed E-state index contributed by atoms with van der Waals surface area (Å²) in [6, 6.07) is 1.94. The summed E-state index contributed by atoms with van der Waals surface area (Å²) in [7, 11) is 0. The Hall–Kier alpha value is -1.09. The first-order valence-corrected chi connectivity index (χ1v) is 7.23. The molecule has 0 radical (unpaired) electrons. The van der Waals surface area contributed by atoms with Gasteiger partial charge in [0.1, 0.15) is 5.75 Å². The van der Waals surface area contributed by atoms with Gasteiger partial charge in [0, 0.05) is 11.8 Å². The molecule has 2 unspecified atom stereocenters. The van der Waals surface area contributed by atoms with E-state index < -0.39 is 5.60 Å². The fourth-order valence-electron chi connectivity index (χ4n) is 3.34. The van der Waals surface area contributed by atoms with E-state index in [0.717, 1.165) is 24.2 Å². The molecule has 1 heterocycles. The van der Waals surface area contributed by atoms with Gasteiger partial charge in [-0.15, -0.1) is 0 Å². The van der Waals surface area contributed by atoms with E-state index in [0.29, 0.717) is 11.8 Å². The number of hydrogen-bond donors (Lipinski definition) is 1. The minimum Gasteiger partial charge on any atom is -0.489 e. The SMILES string of the molecule is CC1CC(C)CC(O)(c2cncc(OC(C)C)c2)C1. The Morgan fingerprint density at radius 2 is 1.89 bits per heavy atom. The lowest BCUT2D eigenvalue weighted by Crippen LogP contribution is -2.35. The summed E-state index contributed by atoms with van der Waals surface area (Å²) in [6.07, 6.45) is 6.42. The molecule has 2 atom stereocenters. The first-order chi connectivity index (χ1) is 8.89. The number of rotatable bonds is 3. The highest BCUT2D eigenvalue weighted by molar-refractivity contribution is 5.29. The topological polar surface area (TPSA) is 42.4 Å². The van der Waals surface area contributed by atoms with E-state index in [1.165, 1.54) is 6.42 Å². The molecule has 1 aliphatic rings. The van der Waals surface area contributed by atoms with Crippen molar-refractivity contribution in [2.24, 2.45) is 11.8 Å². The summed E-state index contributed by atoms with van der Waals surface area (Å²) in [6.45, 7) is 8.41. The molecule has 0 bridgehead atoms. The summed E-state index contributed by atoms with van der Waals surface area (Å²) in [5.74, 6) is 1.83. The van der Waals surface area contributed by atoms with E-state index in [1.54, 1.807) is 12.4 Å². The van der Waals surface area contributed by atoms with Crippen molar-refractivity contribution in [1.82, 2.24) is 4.98 Å². The second-order valence-corrected chi connectivity index (χ2v) is 6.46. The van der Waals surface area contributed by atoms with E-state index in [9.17, 15) is 5.11 Å². The van der Waals surface area contributed by atoms with E-state index >= 15 is 0 Å². The van der Waals surface area contributed by atoms with E-state index in [4.69, 9.17) is 4.74 Å². The number of hydrogen-bond acceptors (Lipinski definition) is 3. The molecule has 1 N–H and O–H groups in total. The lowest BCUT2D eigenvalue weighted by Gasteiger charge is -2.39. The van der Waals surface area contributed by atoms with Gasteiger partial charge < -0.3 is 9.84 Å². The van der Waals surface area contributed by atoms with Crippen LogP contribution in [0.1, 0.15) is 52.5 Å². The van der Waals surface area contributed by atoms with Crippen molar-refractivity contribution in [3.05, 3.63) is 24.0 Å². The fraction of sp³-hybridized carbons (Fsp3) is 0.688. The summed E-state index contributed by atoms with van der Waals surface area (Å²) >= 11 is 0. The zero-order valence-corrected chi connectivity index (χ0v) is 12.4. The summed E-state index contributed by atoms with van der Waals surface area (Å²) in [5, 5.41) is 10.9. The molecular weight excluding hydrogens is 238 g/mol. The number of pyridine rings is 1. The third-order valence-corrected chi connectivity index (χ3v) is 3.80. The Morgan fingerprint density at radius 3 is 2.47 bits per heavy atom. The Bertz CT molecular complexity index is 421. The second kappa shape index (κ2) is 5.49. The summed E-state index contributed by atoms with van der Waals surface area (Å²) < 4.78 is 5.67. The Labute approximate surface area is 116 Å². The van der Waals surface area contributed by atoms with Crippen molar-refractivity contribution >= 4 is 0 Å². The van der Waals surface area contributed by atoms with E-state index in [-0.39, 0.29) is 6.10 Å². The van der Waals surface area contributed by atoms with Crippen molar-refractivity contribution < 1.29 is 9.84 Å². The normalized spacial score (nSPS) is 31.5. The first kappa shape index (κ1) is 14.3. The van der Waals surface area contributed by atoms with Crippen LogP contribution in [0, 0.1) is 11.8 Å². The molecule has 0 saturated heterocycles. The van der Waals surface area contributed by atoms with Crippen LogP contribution in [0.4, 0.5) is 0 Å². The van der Waals surface area contributed by atoms with Gasteiger partial charge in [0.25, 0.3) is 0 Å². The number of aliphatic hydroxyl groups is 1. The minimum atomic E-state index is -0.750. The number of nitrogens with zero attached hydrogens (tertiary/aromatic N) is 1. The predicted molar refractivity (Wildman–Crippen MR) is 76.1 cm³/mol. The van der Waals surface area contributed by atoms with Crippen LogP contribution in [0.25, 0.3) is 0 Å². The molecule has 0 amide bonds. The zero-order valence-electron chi connectivity index (χ0n) is 12.4. The highest BCUT2D eigenvalue weighted by Crippen LogP contribution is 2.42. The van der Waals surface area contributed by atoms with Crippen LogP contribution < -0.4 is 4.74 Å². The van der Waals surface area contributed by atoms with Gasteiger partial charge >= 0.3 is 0 Å². The maximum absolute atomic E-state index is 10.9. The van der Waals surface area contributed by atoms with E-state index in [1.807, 2.05) is 19.9 Å².